The Morgan fingerprint density at radius 3 is 3.07 bits per heavy atom. The Morgan fingerprint density at radius 1 is 1.60 bits per heavy atom. The van der Waals surface area contributed by atoms with E-state index in [-0.39, 0.29) is 11.4 Å². The molecule has 3 heteroatoms. The minimum atomic E-state index is -0.320. The highest BCUT2D eigenvalue weighted by Crippen LogP contribution is 2.46. The summed E-state index contributed by atoms with van der Waals surface area (Å²) in [6, 6.07) is 0. The fourth-order valence-electron chi connectivity index (χ4n) is 2.20. The largest absolute Gasteiger partial charge is 0.461 e. The Hall–Kier alpha value is -0.830. The standard InChI is InChI=1S/C12H18O3/c1-3-4-7-14-11(13)12(2)6-5-9-10(8-12)15-9/h3-4,9-10H,5-8H2,1-2H3. The molecule has 3 nitrogen and oxygen atoms in total. The fraction of sp³-hybridized carbons (Fsp3) is 0.750. The van der Waals surface area contributed by atoms with Crippen LogP contribution in [0.1, 0.15) is 33.1 Å². The second-order valence-electron chi connectivity index (χ2n) is 4.68. The molecule has 0 aromatic carbocycles. The van der Waals surface area contributed by atoms with Gasteiger partial charge in [0.1, 0.15) is 6.61 Å². The molecule has 3 unspecified atom stereocenters. The Balaban J connectivity index is 1.87. The topological polar surface area (TPSA) is 38.8 Å². The van der Waals surface area contributed by atoms with Crippen molar-refractivity contribution in [2.24, 2.45) is 5.41 Å². The van der Waals surface area contributed by atoms with Gasteiger partial charge >= 0.3 is 5.97 Å². The molecule has 84 valence electrons. The average Bonchev–Trinajstić information content (AvgIpc) is 2.96. The predicted octanol–water partition coefficient (Wildman–Crippen LogP) is 2.06. The smallest absolute Gasteiger partial charge is 0.312 e. The van der Waals surface area contributed by atoms with Crippen molar-refractivity contribution in [1.82, 2.24) is 0 Å². The summed E-state index contributed by atoms with van der Waals surface area (Å²) in [5, 5.41) is 0. The zero-order valence-electron chi connectivity index (χ0n) is 9.36. The van der Waals surface area contributed by atoms with Gasteiger partial charge in [0.2, 0.25) is 0 Å². The molecule has 0 bridgehead atoms. The molecule has 2 aliphatic rings. The Bertz CT molecular complexity index is 285. The maximum atomic E-state index is 11.8. The lowest BCUT2D eigenvalue weighted by Crippen LogP contribution is -2.34. The summed E-state index contributed by atoms with van der Waals surface area (Å²) in [4.78, 5) is 11.8. The van der Waals surface area contributed by atoms with Crippen LogP contribution < -0.4 is 0 Å². The lowest BCUT2D eigenvalue weighted by atomic mass is 9.76. The lowest BCUT2D eigenvalue weighted by Gasteiger charge is -2.28. The molecule has 2 rings (SSSR count). The number of epoxide rings is 1. The molecule has 0 aromatic rings. The van der Waals surface area contributed by atoms with Crippen molar-refractivity contribution in [2.75, 3.05) is 6.61 Å². The van der Waals surface area contributed by atoms with Crippen LogP contribution in [0.15, 0.2) is 12.2 Å². The van der Waals surface area contributed by atoms with Gasteiger partial charge in [-0.1, -0.05) is 12.2 Å². The predicted molar refractivity (Wildman–Crippen MR) is 56.4 cm³/mol. The monoisotopic (exact) mass is 210 g/mol. The first-order chi connectivity index (χ1) is 7.15. The first kappa shape index (κ1) is 10.7. The third-order valence-corrected chi connectivity index (χ3v) is 3.36. The molecule has 1 aliphatic heterocycles. The number of carbonyl (C=O) groups excluding carboxylic acids is 1. The van der Waals surface area contributed by atoms with Crippen molar-refractivity contribution in [3.63, 3.8) is 0 Å². The third-order valence-electron chi connectivity index (χ3n) is 3.36. The van der Waals surface area contributed by atoms with Crippen molar-refractivity contribution < 1.29 is 14.3 Å². The zero-order chi connectivity index (χ0) is 10.9. The molecular weight excluding hydrogens is 192 g/mol. The van der Waals surface area contributed by atoms with E-state index in [0.717, 1.165) is 19.3 Å². The minimum absolute atomic E-state index is 0.0745. The van der Waals surface area contributed by atoms with Crippen LogP contribution in [0, 0.1) is 5.41 Å². The molecule has 2 fully saturated rings. The molecule has 0 amide bonds. The summed E-state index contributed by atoms with van der Waals surface area (Å²) >= 11 is 0. The SMILES string of the molecule is CC=CCOC(=O)C1(C)CCC2OC2C1. The van der Waals surface area contributed by atoms with Gasteiger partial charge in [-0.2, -0.15) is 0 Å². The van der Waals surface area contributed by atoms with E-state index in [1.807, 2.05) is 26.0 Å². The van der Waals surface area contributed by atoms with Gasteiger partial charge in [-0.05, 0) is 33.1 Å². The van der Waals surface area contributed by atoms with E-state index in [0.29, 0.717) is 18.8 Å². The number of ether oxygens (including phenoxy) is 2. The maximum Gasteiger partial charge on any atom is 0.312 e. The Kier molecular flexibility index (Phi) is 2.83. The number of fused-ring (bicyclic) bond motifs is 1. The first-order valence-electron chi connectivity index (χ1n) is 5.59. The lowest BCUT2D eigenvalue weighted by molar-refractivity contribution is -0.155. The number of rotatable bonds is 3. The highest BCUT2D eigenvalue weighted by Gasteiger charge is 2.52. The van der Waals surface area contributed by atoms with Crippen LogP contribution in [0.3, 0.4) is 0 Å². The molecule has 0 N–H and O–H groups in total. The highest BCUT2D eigenvalue weighted by molar-refractivity contribution is 5.76. The van der Waals surface area contributed by atoms with Crippen molar-refractivity contribution >= 4 is 5.97 Å². The van der Waals surface area contributed by atoms with Gasteiger partial charge in [-0.15, -0.1) is 0 Å². The van der Waals surface area contributed by atoms with Gasteiger partial charge in [0.15, 0.2) is 0 Å². The van der Waals surface area contributed by atoms with E-state index in [9.17, 15) is 4.79 Å². The van der Waals surface area contributed by atoms with Crippen molar-refractivity contribution in [3.8, 4) is 0 Å². The van der Waals surface area contributed by atoms with Crippen molar-refractivity contribution in [3.05, 3.63) is 12.2 Å². The molecule has 1 saturated heterocycles. The number of hydrogen-bond donors (Lipinski definition) is 0. The van der Waals surface area contributed by atoms with Crippen molar-refractivity contribution in [1.29, 1.82) is 0 Å². The second-order valence-corrected chi connectivity index (χ2v) is 4.68. The van der Waals surface area contributed by atoms with Crippen LogP contribution in [0.5, 0.6) is 0 Å². The number of hydrogen-bond acceptors (Lipinski definition) is 3. The van der Waals surface area contributed by atoms with Gasteiger partial charge in [0, 0.05) is 0 Å². The summed E-state index contributed by atoms with van der Waals surface area (Å²) in [5.74, 6) is -0.0745. The van der Waals surface area contributed by atoms with Gasteiger partial charge in [0.05, 0.1) is 17.6 Å². The van der Waals surface area contributed by atoms with E-state index in [1.165, 1.54) is 0 Å². The minimum Gasteiger partial charge on any atom is -0.461 e. The van der Waals surface area contributed by atoms with E-state index < -0.39 is 0 Å². The van der Waals surface area contributed by atoms with Crippen molar-refractivity contribution in [2.45, 2.75) is 45.3 Å². The third kappa shape index (κ3) is 2.23. The van der Waals surface area contributed by atoms with Crippen LogP contribution in [0.4, 0.5) is 0 Å². The zero-order valence-corrected chi connectivity index (χ0v) is 9.36. The number of allylic oxidation sites excluding steroid dienone is 1. The number of carbonyl (C=O) groups is 1. The maximum absolute atomic E-state index is 11.8. The summed E-state index contributed by atoms with van der Waals surface area (Å²) in [5.41, 5.74) is -0.320. The quantitative estimate of drug-likeness (QED) is 0.406. The van der Waals surface area contributed by atoms with E-state index in [1.54, 1.807) is 0 Å². The van der Waals surface area contributed by atoms with Crippen LogP contribution in [-0.2, 0) is 14.3 Å². The van der Waals surface area contributed by atoms with Gasteiger partial charge in [-0.3, -0.25) is 4.79 Å². The highest BCUT2D eigenvalue weighted by atomic mass is 16.6. The van der Waals surface area contributed by atoms with E-state index in [4.69, 9.17) is 9.47 Å². The normalized spacial score (nSPS) is 38.8. The molecule has 0 radical (unpaired) electrons. The molecule has 3 atom stereocenters. The molecule has 0 spiro atoms. The Labute approximate surface area is 90.4 Å². The number of esters is 1. The first-order valence-corrected chi connectivity index (χ1v) is 5.59. The summed E-state index contributed by atoms with van der Waals surface area (Å²) in [7, 11) is 0. The summed E-state index contributed by atoms with van der Waals surface area (Å²) < 4.78 is 10.6. The Morgan fingerprint density at radius 2 is 2.40 bits per heavy atom. The second kappa shape index (κ2) is 3.97. The van der Waals surface area contributed by atoms with Crippen LogP contribution in [-0.4, -0.2) is 24.8 Å². The van der Waals surface area contributed by atoms with Gasteiger partial charge in [0.25, 0.3) is 0 Å². The molecule has 1 saturated carbocycles. The van der Waals surface area contributed by atoms with E-state index in [2.05, 4.69) is 0 Å². The molecular formula is C12H18O3. The van der Waals surface area contributed by atoms with Crippen LogP contribution in [0.25, 0.3) is 0 Å². The van der Waals surface area contributed by atoms with Gasteiger partial charge < -0.3 is 9.47 Å². The molecule has 1 aliphatic carbocycles. The van der Waals surface area contributed by atoms with E-state index >= 15 is 0 Å². The van der Waals surface area contributed by atoms with Gasteiger partial charge in [-0.25, -0.2) is 0 Å². The molecule has 1 heterocycles. The average molecular weight is 210 g/mol. The summed E-state index contributed by atoms with van der Waals surface area (Å²) in [6.45, 7) is 4.29. The fourth-order valence-corrected chi connectivity index (χ4v) is 2.20. The van der Waals surface area contributed by atoms with Crippen LogP contribution >= 0.6 is 0 Å². The van der Waals surface area contributed by atoms with Crippen LogP contribution in [0.2, 0.25) is 0 Å². The molecule has 0 aromatic heterocycles. The molecule has 15 heavy (non-hydrogen) atoms. The summed E-state index contributed by atoms with van der Waals surface area (Å²) in [6.07, 6.45) is 7.20.